The Balaban J connectivity index is 2.40. The first kappa shape index (κ1) is 8.01. The molecule has 1 aromatic rings. The SMILES string of the molecule is C[C@H]1Cc2nc(N)sc2[C@@H](C)O1. The standard InChI is InChI=1S/C8H12N2OS/c1-4-3-6-7(5(2)11-4)12-8(9)10-6/h4-5H,3H2,1-2H3,(H2,9,10)/t4-,5+/m0/s1. The zero-order valence-electron chi connectivity index (χ0n) is 7.20. The van der Waals surface area contributed by atoms with Gasteiger partial charge in [0.25, 0.3) is 0 Å². The molecule has 0 radical (unpaired) electrons. The lowest BCUT2D eigenvalue weighted by Gasteiger charge is -2.23. The Morgan fingerprint density at radius 3 is 3.08 bits per heavy atom. The Morgan fingerprint density at radius 1 is 1.58 bits per heavy atom. The van der Waals surface area contributed by atoms with Crippen LogP contribution in [0.5, 0.6) is 0 Å². The molecule has 0 saturated heterocycles. The van der Waals surface area contributed by atoms with Crippen LogP contribution in [0.4, 0.5) is 5.13 Å². The second kappa shape index (κ2) is 2.71. The monoisotopic (exact) mass is 184 g/mol. The van der Waals surface area contributed by atoms with Crippen molar-refractivity contribution in [2.75, 3.05) is 5.73 Å². The summed E-state index contributed by atoms with van der Waals surface area (Å²) in [5.74, 6) is 0. The van der Waals surface area contributed by atoms with Crippen LogP contribution in [0.15, 0.2) is 0 Å². The highest BCUT2D eigenvalue weighted by atomic mass is 32.1. The maximum Gasteiger partial charge on any atom is 0.180 e. The molecule has 0 saturated carbocycles. The number of aromatic nitrogens is 1. The van der Waals surface area contributed by atoms with E-state index in [4.69, 9.17) is 10.5 Å². The van der Waals surface area contributed by atoms with E-state index < -0.39 is 0 Å². The first-order chi connectivity index (χ1) is 5.66. The van der Waals surface area contributed by atoms with E-state index in [0.29, 0.717) is 5.13 Å². The summed E-state index contributed by atoms with van der Waals surface area (Å²) in [5.41, 5.74) is 6.75. The number of nitrogens with zero attached hydrogens (tertiary/aromatic N) is 1. The number of nitrogen functional groups attached to an aromatic ring is 1. The summed E-state index contributed by atoms with van der Waals surface area (Å²) < 4.78 is 5.64. The lowest BCUT2D eigenvalue weighted by molar-refractivity contribution is -0.00316. The molecule has 0 spiro atoms. The van der Waals surface area contributed by atoms with E-state index in [9.17, 15) is 0 Å². The van der Waals surface area contributed by atoms with Crippen molar-refractivity contribution < 1.29 is 4.74 Å². The van der Waals surface area contributed by atoms with E-state index in [2.05, 4.69) is 11.9 Å². The van der Waals surface area contributed by atoms with Gasteiger partial charge < -0.3 is 10.5 Å². The molecule has 1 aliphatic rings. The first-order valence-corrected chi connectivity index (χ1v) is 4.89. The summed E-state index contributed by atoms with van der Waals surface area (Å²) in [4.78, 5) is 5.47. The van der Waals surface area contributed by atoms with Crippen LogP contribution in [0.3, 0.4) is 0 Å². The summed E-state index contributed by atoms with van der Waals surface area (Å²) in [6.07, 6.45) is 1.33. The highest BCUT2D eigenvalue weighted by Gasteiger charge is 2.25. The highest BCUT2D eigenvalue weighted by molar-refractivity contribution is 7.15. The molecule has 2 rings (SSSR count). The van der Waals surface area contributed by atoms with Crippen molar-refractivity contribution in [3.05, 3.63) is 10.6 Å². The first-order valence-electron chi connectivity index (χ1n) is 4.07. The van der Waals surface area contributed by atoms with Crippen LogP contribution in [0.1, 0.15) is 30.5 Å². The van der Waals surface area contributed by atoms with Crippen molar-refractivity contribution in [2.45, 2.75) is 32.5 Å². The van der Waals surface area contributed by atoms with Crippen molar-refractivity contribution in [1.29, 1.82) is 0 Å². The molecule has 2 N–H and O–H groups in total. The Labute approximate surface area is 75.6 Å². The van der Waals surface area contributed by atoms with Crippen LogP contribution in [0, 0.1) is 0 Å². The van der Waals surface area contributed by atoms with Crippen LogP contribution in [0.2, 0.25) is 0 Å². The van der Waals surface area contributed by atoms with Gasteiger partial charge in [0.15, 0.2) is 5.13 Å². The maximum absolute atomic E-state index is 5.64. The van der Waals surface area contributed by atoms with Crippen LogP contribution in [-0.2, 0) is 11.2 Å². The zero-order chi connectivity index (χ0) is 8.72. The molecule has 0 unspecified atom stereocenters. The fourth-order valence-corrected chi connectivity index (χ4v) is 2.43. The predicted octanol–water partition coefficient (Wildman–Crippen LogP) is 1.75. The molecular weight excluding hydrogens is 172 g/mol. The number of nitrogens with two attached hydrogens (primary N) is 1. The second-order valence-corrected chi connectivity index (χ2v) is 4.22. The van der Waals surface area contributed by atoms with Crippen molar-refractivity contribution >= 4 is 16.5 Å². The minimum absolute atomic E-state index is 0.165. The smallest absolute Gasteiger partial charge is 0.180 e. The average molecular weight is 184 g/mol. The van der Waals surface area contributed by atoms with E-state index in [-0.39, 0.29) is 12.2 Å². The van der Waals surface area contributed by atoms with Gasteiger partial charge in [0.2, 0.25) is 0 Å². The van der Waals surface area contributed by atoms with Gasteiger partial charge in [-0.05, 0) is 13.8 Å². The minimum Gasteiger partial charge on any atom is -0.375 e. The molecular formula is C8H12N2OS. The molecule has 0 aliphatic carbocycles. The van der Waals surface area contributed by atoms with Gasteiger partial charge >= 0.3 is 0 Å². The number of anilines is 1. The molecule has 0 aromatic carbocycles. The molecule has 66 valence electrons. The molecule has 2 heterocycles. The summed E-state index contributed by atoms with van der Waals surface area (Å²) >= 11 is 1.54. The van der Waals surface area contributed by atoms with Crippen molar-refractivity contribution in [2.24, 2.45) is 0 Å². The third-order valence-corrected chi connectivity index (χ3v) is 3.12. The number of rotatable bonds is 0. The van der Waals surface area contributed by atoms with Crippen LogP contribution < -0.4 is 5.73 Å². The number of ether oxygens (including phenoxy) is 1. The molecule has 1 aromatic heterocycles. The van der Waals surface area contributed by atoms with Gasteiger partial charge in [-0.25, -0.2) is 4.98 Å². The second-order valence-electron chi connectivity index (χ2n) is 3.16. The molecule has 0 bridgehead atoms. The largest absolute Gasteiger partial charge is 0.375 e. The fraction of sp³-hybridized carbons (Fsp3) is 0.625. The van der Waals surface area contributed by atoms with Gasteiger partial charge in [-0.3, -0.25) is 0 Å². The van der Waals surface area contributed by atoms with Crippen LogP contribution >= 0.6 is 11.3 Å². The Kier molecular flexibility index (Phi) is 1.81. The number of hydrogen-bond donors (Lipinski definition) is 1. The quantitative estimate of drug-likeness (QED) is 0.668. The lowest BCUT2D eigenvalue weighted by atomic mass is 10.1. The van der Waals surface area contributed by atoms with Crippen molar-refractivity contribution in [3.8, 4) is 0 Å². The van der Waals surface area contributed by atoms with E-state index in [1.807, 2.05) is 6.92 Å². The molecule has 1 aliphatic heterocycles. The Hall–Kier alpha value is -0.610. The molecule has 4 heteroatoms. The molecule has 2 atom stereocenters. The molecule has 12 heavy (non-hydrogen) atoms. The summed E-state index contributed by atoms with van der Waals surface area (Å²) in [6.45, 7) is 4.11. The summed E-state index contributed by atoms with van der Waals surface area (Å²) in [5, 5.41) is 0.657. The van der Waals surface area contributed by atoms with E-state index in [1.165, 1.54) is 4.88 Å². The zero-order valence-corrected chi connectivity index (χ0v) is 8.02. The van der Waals surface area contributed by atoms with Gasteiger partial charge in [0.1, 0.15) is 0 Å². The topological polar surface area (TPSA) is 48.1 Å². The number of hydrogen-bond acceptors (Lipinski definition) is 4. The third kappa shape index (κ3) is 1.21. The Morgan fingerprint density at radius 2 is 2.33 bits per heavy atom. The Bertz CT molecular complexity index is 297. The predicted molar refractivity (Wildman–Crippen MR) is 49.2 cm³/mol. The van der Waals surface area contributed by atoms with Gasteiger partial charge in [-0.1, -0.05) is 11.3 Å². The molecule has 3 nitrogen and oxygen atoms in total. The minimum atomic E-state index is 0.165. The van der Waals surface area contributed by atoms with Crippen molar-refractivity contribution in [1.82, 2.24) is 4.98 Å². The van der Waals surface area contributed by atoms with Gasteiger partial charge in [0, 0.05) is 6.42 Å². The van der Waals surface area contributed by atoms with E-state index >= 15 is 0 Å². The normalized spacial score (nSPS) is 28.5. The van der Waals surface area contributed by atoms with Gasteiger partial charge in [-0.2, -0.15) is 0 Å². The van der Waals surface area contributed by atoms with E-state index in [0.717, 1.165) is 12.1 Å². The van der Waals surface area contributed by atoms with Crippen LogP contribution in [-0.4, -0.2) is 11.1 Å². The fourth-order valence-electron chi connectivity index (χ4n) is 1.58. The molecule has 0 amide bonds. The summed E-state index contributed by atoms with van der Waals surface area (Å²) in [7, 11) is 0. The van der Waals surface area contributed by atoms with Gasteiger partial charge in [0.05, 0.1) is 22.8 Å². The highest BCUT2D eigenvalue weighted by Crippen LogP contribution is 2.34. The third-order valence-electron chi connectivity index (χ3n) is 2.03. The van der Waals surface area contributed by atoms with Gasteiger partial charge in [-0.15, -0.1) is 0 Å². The average Bonchev–Trinajstić information content (AvgIpc) is 2.29. The van der Waals surface area contributed by atoms with E-state index in [1.54, 1.807) is 11.3 Å². The number of fused-ring (bicyclic) bond motifs is 1. The molecule has 0 fully saturated rings. The summed E-state index contributed by atoms with van der Waals surface area (Å²) in [6, 6.07) is 0. The maximum atomic E-state index is 5.64. The van der Waals surface area contributed by atoms with Crippen molar-refractivity contribution in [3.63, 3.8) is 0 Å². The lowest BCUT2D eigenvalue weighted by Crippen LogP contribution is -2.20. The number of thiazole rings is 1. The van der Waals surface area contributed by atoms with Crippen LogP contribution in [0.25, 0.3) is 0 Å².